The van der Waals surface area contributed by atoms with Crippen molar-refractivity contribution >= 4 is 27.6 Å². The van der Waals surface area contributed by atoms with Crippen molar-refractivity contribution in [1.82, 2.24) is 0 Å². The number of rotatable bonds is 5. The van der Waals surface area contributed by atoms with E-state index >= 15 is 0 Å². The Labute approximate surface area is 154 Å². The first-order valence-corrected chi connectivity index (χ1v) is 9.56. The Hall–Kier alpha value is -1.97. The summed E-state index contributed by atoms with van der Waals surface area (Å²) < 4.78 is 3.48. The zero-order valence-electron chi connectivity index (χ0n) is 15.0. The number of aliphatic hydroxyl groups is 1. The lowest BCUT2D eigenvalue weighted by atomic mass is 9.75. The monoisotopic (exact) mass is 352 g/mol. The van der Waals surface area contributed by atoms with Gasteiger partial charge in [0, 0.05) is 12.1 Å². The highest BCUT2D eigenvalue weighted by atomic mass is 32.1. The standard InChI is InChI=1S/C22H26NOS/c1-4-5-8-17-13-18(16-22(2,3)15-17)14-21-23(11-12-24)19-9-6-7-10-20(19)25-21/h4-10,13-14,24H,1,11-12,15-16H2,2-3H3/q+1/b8-5+,18-14-. The van der Waals surface area contributed by atoms with Crippen LogP contribution in [0, 0.1) is 5.41 Å². The van der Waals surface area contributed by atoms with Gasteiger partial charge in [-0.15, -0.1) is 0 Å². The highest BCUT2D eigenvalue weighted by Crippen LogP contribution is 2.39. The van der Waals surface area contributed by atoms with Gasteiger partial charge in [0.05, 0.1) is 0 Å². The second kappa shape index (κ2) is 7.51. The fourth-order valence-corrected chi connectivity index (χ4v) is 4.71. The number of para-hydroxylation sites is 1. The number of allylic oxidation sites excluding steroid dienone is 6. The summed E-state index contributed by atoms with van der Waals surface area (Å²) in [6, 6.07) is 8.40. The van der Waals surface area contributed by atoms with Gasteiger partial charge in [-0.2, -0.15) is 4.57 Å². The van der Waals surface area contributed by atoms with Gasteiger partial charge in [0.15, 0.2) is 6.54 Å². The maximum atomic E-state index is 9.48. The molecule has 0 saturated carbocycles. The van der Waals surface area contributed by atoms with Gasteiger partial charge in [0.25, 0.3) is 5.01 Å². The van der Waals surface area contributed by atoms with Gasteiger partial charge in [0.1, 0.15) is 11.3 Å². The Balaban J connectivity index is 2.06. The fraction of sp³-hybridized carbons (Fsp3) is 0.318. The maximum absolute atomic E-state index is 9.48. The Bertz CT molecular complexity index is 867. The van der Waals surface area contributed by atoms with Crippen molar-refractivity contribution in [3.05, 3.63) is 71.3 Å². The quantitative estimate of drug-likeness (QED) is 0.591. The molecule has 0 atom stereocenters. The van der Waals surface area contributed by atoms with Crippen LogP contribution in [-0.2, 0) is 6.54 Å². The molecule has 1 aromatic carbocycles. The van der Waals surface area contributed by atoms with Gasteiger partial charge < -0.3 is 5.11 Å². The van der Waals surface area contributed by atoms with Crippen molar-refractivity contribution in [2.45, 2.75) is 33.2 Å². The van der Waals surface area contributed by atoms with E-state index in [-0.39, 0.29) is 12.0 Å². The number of benzene rings is 1. The van der Waals surface area contributed by atoms with E-state index in [2.05, 4.69) is 67.5 Å². The maximum Gasteiger partial charge on any atom is 0.263 e. The molecule has 1 heterocycles. The third kappa shape index (κ3) is 4.17. The molecule has 0 amide bonds. The molecule has 0 aliphatic heterocycles. The molecule has 130 valence electrons. The summed E-state index contributed by atoms with van der Waals surface area (Å²) in [5, 5.41) is 10.7. The third-order valence-corrected chi connectivity index (χ3v) is 5.56. The van der Waals surface area contributed by atoms with E-state index in [0.717, 1.165) is 12.8 Å². The highest BCUT2D eigenvalue weighted by molar-refractivity contribution is 7.18. The van der Waals surface area contributed by atoms with Gasteiger partial charge in [-0.05, 0) is 35.5 Å². The first-order valence-electron chi connectivity index (χ1n) is 8.75. The molecule has 0 bridgehead atoms. The molecule has 1 N–H and O–H groups in total. The van der Waals surface area contributed by atoms with Gasteiger partial charge in [-0.3, -0.25) is 0 Å². The third-order valence-electron chi connectivity index (χ3n) is 4.45. The first-order chi connectivity index (χ1) is 12.0. The van der Waals surface area contributed by atoms with Crippen molar-refractivity contribution < 1.29 is 9.67 Å². The summed E-state index contributed by atoms with van der Waals surface area (Å²) >= 11 is 1.79. The second-order valence-corrected chi connectivity index (χ2v) is 8.40. The van der Waals surface area contributed by atoms with Crippen LogP contribution in [0.3, 0.4) is 0 Å². The topological polar surface area (TPSA) is 24.1 Å². The molecule has 0 unspecified atom stereocenters. The molecule has 3 rings (SSSR count). The second-order valence-electron chi connectivity index (χ2n) is 7.33. The predicted octanol–water partition coefficient (Wildman–Crippen LogP) is 5.05. The van der Waals surface area contributed by atoms with E-state index < -0.39 is 0 Å². The van der Waals surface area contributed by atoms with Crippen LogP contribution < -0.4 is 4.57 Å². The van der Waals surface area contributed by atoms with Crippen LogP contribution in [0.25, 0.3) is 16.3 Å². The molecule has 1 aromatic heterocycles. The minimum Gasteiger partial charge on any atom is -0.390 e. The molecular weight excluding hydrogens is 326 g/mol. The van der Waals surface area contributed by atoms with Crippen LogP contribution in [0.2, 0.25) is 0 Å². The molecule has 0 spiro atoms. The number of fused-ring (bicyclic) bond motifs is 1. The number of nitrogens with zero attached hydrogens (tertiary/aromatic N) is 1. The molecule has 0 radical (unpaired) electrons. The fourth-order valence-electron chi connectivity index (χ4n) is 3.55. The van der Waals surface area contributed by atoms with Crippen molar-refractivity contribution in [2.75, 3.05) is 6.61 Å². The van der Waals surface area contributed by atoms with E-state index in [4.69, 9.17) is 0 Å². The Morgan fingerprint density at radius 1 is 1.28 bits per heavy atom. The smallest absolute Gasteiger partial charge is 0.263 e. The molecule has 1 aliphatic rings. The highest BCUT2D eigenvalue weighted by Gasteiger charge is 2.26. The molecule has 2 nitrogen and oxygen atoms in total. The number of aromatic nitrogens is 1. The van der Waals surface area contributed by atoms with Crippen molar-refractivity contribution in [2.24, 2.45) is 5.41 Å². The molecule has 3 heteroatoms. The number of hydrogen-bond donors (Lipinski definition) is 1. The van der Waals surface area contributed by atoms with Gasteiger partial charge >= 0.3 is 0 Å². The van der Waals surface area contributed by atoms with Crippen LogP contribution in [0.15, 0.2) is 66.3 Å². The first kappa shape index (κ1) is 17.8. The lowest BCUT2D eigenvalue weighted by Crippen LogP contribution is -2.36. The zero-order valence-corrected chi connectivity index (χ0v) is 15.9. The van der Waals surface area contributed by atoms with Crippen LogP contribution in [0.5, 0.6) is 0 Å². The van der Waals surface area contributed by atoms with Crippen molar-refractivity contribution in [3.8, 4) is 0 Å². The van der Waals surface area contributed by atoms with Crippen molar-refractivity contribution in [1.29, 1.82) is 0 Å². The summed E-state index contributed by atoms with van der Waals surface area (Å²) in [5.74, 6) is 0. The Kier molecular flexibility index (Phi) is 5.36. The average Bonchev–Trinajstić information content (AvgIpc) is 2.89. The van der Waals surface area contributed by atoms with Gasteiger partial charge in [-0.25, -0.2) is 0 Å². The van der Waals surface area contributed by atoms with Crippen LogP contribution in [0.4, 0.5) is 0 Å². The minimum atomic E-state index is 0.149. The molecular formula is C22H26NOS+. The summed E-state index contributed by atoms with van der Waals surface area (Å²) in [6.45, 7) is 9.19. The molecule has 0 saturated heterocycles. The average molecular weight is 353 g/mol. The van der Waals surface area contributed by atoms with Gasteiger partial charge in [0.2, 0.25) is 5.52 Å². The number of hydrogen-bond acceptors (Lipinski definition) is 2. The molecule has 0 fully saturated rings. The summed E-state index contributed by atoms with van der Waals surface area (Å²) in [4.78, 5) is 0. The largest absolute Gasteiger partial charge is 0.390 e. The zero-order chi connectivity index (χ0) is 17.9. The van der Waals surface area contributed by atoms with Gasteiger partial charge in [-0.1, -0.05) is 68.2 Å². The Morgan fingerprint density at radius 3 is 2.84 bits per heavy atom. The Morgan fingerprint density at radius 2 is 2.08 bits per heavy atom. The number of aliphatic hydroxyl groups excluding tert-OH is 1. The van der Waals surface area contributed by atoms with Crippen LogP contribution in [0.1, 0.15) is 31.7 Å². The molecule has 25 heavy (non-hydrogen) atoms. The normalized spacial score (nSPS) is 18.8. The van der Waals surface area contributed by atoms with E-state index in [0.29, 0.717) is 6.54 Å². The van der Waals surface area contributed by atoms with Crippen LogP contribution >= 0.6 is 11.3 Å². The van der Waals surface area contributed by atoms with Crippen LogP contribution in [-0.4, -0.2) is 11.7 Å². The van der Waals surface area contributed by atoms with E-state index in [1.807, 2.05) is 12.2 Å². The molecule has 1 aliphatic carbocycles. The van der Waals surface area contributed by atoms with E-state index in [1.54, 1.807) is 11.3 Å². The van der Waals surface area contributed by atoms with E-state index in [1.165, 1.54) is 26.4 Å². The summed E-state index contributed by atoms with van der Waals surface area (Å²) in [6.07, 6.45) is 12.7. The molecule has 2 aromatic rings. The van der Waals surface area contributed by atoms with E-state index in [9.17, 15) is 5.11 Å². The minimum absolute atomic E-state index is 0.149. The SMILES string of the molecule is C=C/C=C/C1=CC(=C/c2sc3ccccc3[n+]2CCO)/CC(C)(C)C1. The lowest BCUT2D eigenvalue weighted by molar-refractivity contribution is -0.670. The van der Waals surface area contributed by atoms with Crippen molar-refractivity contribution in [3.63, 3.8) is 0 Å². The summed E-state index contributed by atoms with van der Waals surface area (Å²) in [5.41, 5.74) is 4.13. The predicted molar refractivity (Wildman–Crippen MR) is 108 cm³/mol. The summed E-state index contributed by atoms with van der Waals surface area (Å²) in [7, 11) is 0. The lowest BCUT2D eigenvalue weighted by Gasteiger charge is -2.30. The number of thiazole rings is 1.